The van der Waals surface area contributed by atoms with Gasteiger partial charge >= 0.3 is 0 Å². The molecule has 1 unspecified atom stereocenters. The molecule has 0 saturated carbocycles. The second-order valence-corrected chi connectivity index (χ2v) is 6.20. The lowest BCUT2D eigenvalue weighted by atomic mass is 10.0. The molecule has 1 aliphatic heterocycles. The van der Waals surface area contributed by atoms with Gasteiger partial charge in [-0.05, 0) is 35.4 Å². The zero-order valence-corrected chi connectivity index (χ0v) is 15.8. The van der Waals surface area contributed by atoms with Crippen molar-refractivity contribution in [3.8, 4) is 5.75 Å². The fraction of sp³-hybridized carbons (Fsp3) is 0.400. The molecule has 3 rings (SSSR count). The van der Waals surface area contributed by atoms with E-state index in [1.165, 1.54) is 11.6 Å². The standard InChI is InChI=1S/C20H25FN2O2.ClH/c1-24-19-7-5-16(6-8-19)14-22-15-20(23-9-11-25-12-10-23)17-3-2-4-18(21)13-17;/h2-8,13,20,22H,9-12,14-15H2,1H3;1H. The fourth-order valence-electron chi connectivity index (χ4n) is 3.16. The van der Waals surface area contributed by atoms with E-state index in [9.17, 15) is 4.39 Å². The number of methoxy groups -OCH3 is 1. The Balaban J connectivity index is 0.00000243. The van der Waals surface area contributed by atoms with Crippen molar-refractivity contribution in [1.82, 2.24) is 10.2 Å². The van der Waals surface area contributed by atoms with E-state index in [1.807, 2.05) is 18.2 Å². The molecule has 1 N–H and O–H groups in total. The first-order valence-corrected chi connectivity index (χ1v) is 8.67. The third-order valence-corrected chi connectivity index (χ3v) is 4.55. The molecular weight excluding hydrogens is 355 g/mol. The van der Waals surface area contributed by atoms with Crippen LogP contribution in [0.4, 0.5) is 4.39 Å². The summed E-state index contributed by atoms with van der Waals surface area (Å²) in [5.74, 6) is 0.667. The molecule has 1 atom stereocenters. The Bertz CT molecular complexity index is 663. The highest BCUT2D eigenvalue weighted by Gasteiger charge is 2.22. The number of halogens is 2. The quantitative estimate of drug-likeness (QED) is 0.798. The van der Waals surface area contributed by atoms with Gasteiger partial charge in [-0.3, -0.25) is 4.90 Å². The summed E-state index contributed by atoms with van der Waals surface area (Å²) in [5, 5.41) is 3.51. The average molecular weight is 381 g/mol. The van der Waals surface area contributed by atoms with Gasteiger partial charge in [0.25, 0.3) is 0 Å². The van der Waals surface area contributed by atoms with Crippen LogP contribution in [-0.4, -0.2) is 44.9 Å². The summed E-state index contributed by atoms with van der Waals surface area (Å²) < 4.78 is 24.3. The molecule has 0 aliphatic carbocycles. The summed E-state index contributed by atoms with van der Waals surface area (Å²) in [6.45, 7) is 4.71. The third kappa shape index (κ3) is 5.68. The monoisotopic (exact) mass is 380 g/mol. The maximum Gasteiger partial charge on any atom is 0.123 e. The van der Waals surface area contributed by atoms with Crippen LogP contribution in [0.1, 0.15) is 17.2 Å². The van der Waals surface area contributed by atoms with Crippen LogP contribution in [0.3, 0.4) is 0 Å². The predicted octanol–water partition coefficient (Wildman–Crippen LogP) is 3.42. The minimum Gasteiger partial charge on any atom is -0.497 e. The van der Waals surface area contributed by atoms with Crippen molar-refractivity contribution in [2.75, 3.05) is 40.0 Å². The molecule has 1 aliphatic rings. The summed E-state index contributed by atoms with van der Waals surface area (Å²) in [6.07, 6.45) is 0. The molecule has 0 spiro atoms. The van der Waals surface area contributed by atoms with Crippen molar-refractivity contribution in [3.05, 3.63) is 65.5 Å². The number of ether oxygens (including phenoxy) is 2. The minimum atomic E-state index is -0.189. The van der Waals surface area contributed by atoms with Crippen molar-refractivity contribution in [2.45, 2.75) is 12.6 Å². The van der Waals surface area contributed by atoms with Crippen LogP contribution in [0.25, 0.3) is 0 Å². The van der Waals surface area contributed by atoms with Gasteiger partial charge in [0.05, 0.1) is 20.3 Å². The van der Waals surface area contributed by atoms with Crippen LogP contribution in [-0.2, 0) is 11.3 Å². The topological polar surface area (TPSA) is 33.7 Å². The highest BCUT2D eigenvalue weighted by molar-refractivity contribution is 5.85. The lowest BCUT2D eigenvalue weighted by molar-refractivity contribution is 0.0160. The molecule has 1 fully saturated rings. The Morgan fingerprint density at radius 1 is 1.15 bits per heavy atom. The molecule has 4 nitrogen and oxygen atoms in total. The van der Waals surface area contributed by atoms with Gasteiger partial charge < -0.3 is 14.8 Å². The van der Waals surface area contributed by atoms with Gasteiger partial charge in [0.1, 0.15) is 11.6 Å². The molecule has 142 valence electrons. The summed E-state index contributed by atoms with van der Waals surface area (Å²) in [7, 11) is 1.67. The van der Waals surface area contributed by atoms with E-state index in [2.05, 4.69) is 22.3 Å². The number of hydrogen-bond donors (Lipinski definition) is 1. The van der Waals surface area contributed by atoms with E-state index in [-0.39, 0.29) is 24.3 Å². The second kappa shape index (κ2) is 10.5. The molecule has 26 heavy (non-hydrogen) atoms. The molecule has 2 aromatic carbocycles. The zero-order chi connectivity index (χ0) is 17.5. The summed E-state index contributed by atoms with van der Waals surface area (Å²) in [5.41, 5.74) is 2.20. The van der Waals surface area contributed by atoms with E-state index in [1.54, 1.807) is 19.2 Å². The number of nitrogens with one attached hydrogen (secondary N) is 1. The van der Waals surface area contributed by atoms with Crippen LogP contribution in [0.15, 0.2) is 48.5 Å². The Kier molecular flexibility index (Phi) is 8.32. The normalized spacial score (nSPS) is 15.9. The zero-order valence-electron chi connectivity index (χ0n) is 15.0. The Morgan fingerprint density at radius 3 is 2.54 bits per heavy atom. The van der Waals surface area contributed by atoms with Gasteiger partial charge in [-0.1, -0.05) is 24.3 Å². The van der Waals surface area contributed by atoms with E-state index in [0.717, 1.165) is 50.7 Å². The molecule has 1 heterocycles. The first-order chi connectivity index (χ1) is 12.3. The fourth-order valence-corrected chi connectivity index (χ4v) is 3.16. The Labute approximate surface area is 160 Å². The van der Waals surface area contributed by atoms with Gasteiger partial charge in [0.2, 0.25) is 0 Å². The van der Waals surface area contributed by atoms with Gasteiger partial charge in [0.15, 0.2) is 0 Å². The van der Waals surface area contributed by atoms with Crippen LogP contribution >= 0.6 is 12.4 Å². The minimum absolute atomic E-state index is 0. The highest BCUT2D eigenvalue weighted by atomic mass is 35.5. The molecule has 1 saturated heterocycles. The number of benzene rings is 2. The molecule has 2 aromatic rings. The van der Waals surface area contributed by atoms with Crippen molar-refractivity contribution >= 4 is 12.4 Å². The first kappa shape index (κ1) is 20.6. The van der Waals surface area contributed by atoms with Crippen molar-refractivity contribution < 1.29 is 13.9 Å². The third-order valence-electron chi connectivity index (χ3n) is 4.55. The van der Waals surface area contributed by atoms with E-state index in [4.69, 9.17) is 9.47 Å². The number of hydrogen-bond acceptors (Lipinski definition) is 4. The van der Waals surface area contributed by atoms with Crippen molar-refractivity contribution in [1.29, 1.82) is 0 Å². The molecular formula is C20H26ClFN2O2. The smallest absolute Gasteiger partial charge is 0.123 e. The van der Waals surface area contributed by atoms with Gasteiger partial charge in [0, 0.05) is 32.2 Å². The lowest BCUT2D eigenvalue weighted by Crippen LogP contribution is -2.42. The summed E-state index contributed by atoms with van der Waals surface area (Å²) in [6, 6.07) is 15.1. The van der Waals surface area contributed by atoms with Gasteiger partial charge in [-0.25, -0.2) is 4.39 Å². The first-order valence-electron chi connectivity index (χ1n) is 8.67. The predicted molar refractivity (Wildman–Crippen MR) is 103 cm³/mol. The highest BCUT2D eigenvalue weighted by Crippen LogP contribution is 2.22. The number of morpholine rings is 1. The van der Waals surface area contributed by atoms with E-state index in [0.29, 0.717) is 0 Å². The van der Waals surface area contributed by atoms with Crippen LogP contribution in [0.5, 0.6) is 5.75 Å². The average Bonchev–Trinajstić information content (AvgIpc) is 2.66. The van der Waals surface area contributed by atoms with Crippen molar-refractivity contribution in [2.24, 2.45) is 0 Å². The van der Waals surface area contributed by atoms with Gasteiger partial charge in [-0.2, -0.15) is 0 Å². The summed E-state index contributed by atoms with van der Waals surface area (Å²) >= 11 is 0. The largest absolute Gasteiger partial charge is 0.497 e. The number of rotatable bonds is 7. The van der Waals surface area contributed by atoms with E-state index < -0.39 is 0 Å². The van der Waals surface area contributed by atoms with E-state index >= 15 is 0 Å². The lowest BCUT2D eigenvalue weighted by Gasteiger charge is -2.35. The van der Waals surface area contributed by atoms with Crippen LogP contribution in [0, 0.1) is 5.82 Å². The maximum atomic E-state index is 13.7. The maximum absolute atomic E-state index is 13.7. The molecule has 0 radical (unpaired) electrons. The molecule has 0 aromatic heterocycles. The summed E-state index contributed by atoms with van der Waals surface area (Å²) in [4.78, 5) is 2.36. The molecule has 6 heteroatoms. The SMILES string of the molecule is COc1ccc(CNCC(c2cccc(F)c2)N2CCOCC2)cc1.Cl. The second-order valence-electron chi connectivity index (χ2n) is 6.20. The molecule has 0 bridgehead atoms. The number of nitrogens with zero attached hydrogens (tertiary/aromatic N) is 1. The Morgan fingerprint density at radius 2 is 1.88 bits per heavy atom. The van der Waals surface area contributed by atoms with Crippen LogP contribution < -0.4 is 10.1 Å². The Hall–Kier alpha value is -1.66. The van der Waals surface area contributed by atoms with Crippen molar-refractivity contribution in [3.63, 3.8) is 0 Å². The van der Waals surface area contributed by atoms with Crippen LogP contribution in [0.2, 0.25) is 0 Å². The van der Waals surface area contributed by atoms with Gasteiger partial charge in [-0.15, -0.1) is 12.4 Å². The molecule has 0 amide bonds.